The van der Waals surface area contributed by atoms with Gasteiger partial charge < -0.3 is 10.6 Å². The van der Waals surface area contributed by atoms with Crippen LogP contribution in [0.4, 0.5) is 0 Å². The van der Waals surface area contributed by atoms with Crippen molar-refractivity contribution in [3.63, 3.8) is 0 Å². The first-order chi connectivity index (χ1) is 8.74. The Morgan fingerprint density at radius 3 is 2.90 bits per heavy atom. The molecule has 1 fully saturated rings. The van der Waals surface area contributed by atoms with Gasteiger partial charge in [0, 0.05) is 18.1 Å². The summed E-state index contributed by atoms with van der Waals surface area (Å²) in [5, 5.41) is 3.02. The number of nitrogens with zero attached hydrogens (tertiary/aromatic N) is 2. The van der Waals surface area contributed by atoms with Crippen molar-refractivity contribution in [2.45, 2.75) is 51.1 Å². The zero-order chi connectivity index (χ0) is 13.0. The van der Waals surface area contributed by atoms with Gasteiger partial charge in [0.2, 0.25) is 5.91 Å². The maximum Gasteiger partial charge on any atom is 0.240 e. The fourth-order valence-corrected chi connectivity index (χ4v) is 3.28. The third kappa shape index (κ3) is 4.58. The van der Waals surface area contributed by atoms with Gasteiger partial charge in [-0.1, -0.05) is 13.3 Å². The van der Waals surface area contributed by atoms with Crippen LogP contribution in [0.3, 0.4) is 0 Å². The van der Waals surface area contributed by atoms with E-state index in [1.54, 1.807) is 11.3 Å². The summed E-state index contributed by atoms with van der Waals surface area (Å²) in [6.45, 7) is 2.88. The Morgan fingerprint density at radius 2 is 2.30 bits per heavy atom. The van der Waals surface area contributed by atoms with Crippen molar-refractivity contribution in [3.05, 3.63) is 16.6 Å². The van der Waals surface area contributed by atoms with E-state index in [0.717, 1.165) is 43.7 Å². The number of thiazole rings is 1. The minimum absolute atomic E-state index is 0. The normalized spacial score (nSPS) is 19.7. The first-order valence-electron chi connectivity index (χ1n) is 6.69. The lowest BCUT2D eigenvalue weighted by Crippen LogP contribution is -2.47. The molecule has 7 heteroatoms. The van der Waals surface area contributed by atoms with Crippen molar-refractivity contribution in [2.75, 3.05) is 6.54 Å². The zero-order valence-corrected chi connectivity index (χ0v) is 14.1. The zero-order valence-electron chi connectivity index (χ0n) is 11.7. The molecule has 0 aromatic carbocycles. The van der Waals surface area contributed by atoms with Crippen molar-refractivity contribution < 1.29 is 4.79 Å². The molecule has 4 nitrogen and oxygen atoms in total. The van der Waals surface area contributed by atoms with Gasteiger partial charge in [-0.15, -0.1) is 36.2 Å². The minimum atomic E-state index is -0.351. The van der Waals surface area contributed by atoms with Gasteiger partial charge in [0.25, 0.3) is 0 Å². The first-order valence-corrected chi connectivity index (χ1v) is 7.57. The van der Waals surface area contributed by atoms with E-state index in [1.165, 1.54) is 0 Å². The van der Waals surface area contributed by atoms with Gasteiger partial charge in [-0.25, -0.2) is 4.98 Å². The average Bonchev–Trinajstić information content (AvgIpc) is 2.92. The molecule has 2 heterocycles. The maximum atomic E-state index is 12.4. The number of hydrogen-bond acceptors (Lipinski definition) is 4. The van der Waals surface area contributed by atoms with Crippen molar-refractivity contribution >= 4 is 42.1 Å². The Labute approximate surface area is 137 Å². The number of likely N-dealkylation sites (tertiary alicyclic amines) is 1. The van der Waals surface area contributed by atoms with Crippen LogP contribution in [0.25, 0.3) is 0 Å². The van der Waals surface area contributed by atoms with Gasteiger partial charge in [0.15, 0.2) is 0 Å². The third-order valence-electron chi connectivity index (χ3n) is 3.44. The number of halogens is 2. The molecule has 1 aliphatic heterocycles. The van der Waals surface area contributed by atoms with Crippen LogP contribution in [0.2, 0.25) is 0 Å². The fraction of sp³-hybridized carbons (Fsp3) is 0.692. The third-order valence-corrected chi connectivity index (χ3v) is 4.32. The number of amides is 1. The van der Waals surface area contributed by atoms with Gasteiger partial charge in [0.1, 0.15) is 5.01 Å². The molecule has 20 heavy (non-hydrogen) atoms. The quantitative estimate of drug-likeness (QED) is 0.916. The molecule has 0 bridgehead atoms. The van der Waals surface area contributed by atoms with Crippen molar-refractivity contribution in [1.29, 1.82) is 0 Å². The topological polar surface area (TPSA) is 59.2 Å². The molecule has 2 rings (SSSR count). The van der Waals surface area contributed by atoms with Crippen LogP contribution in [0.15, 0.2) is 11.6 Å². The van der Waals surface area contributed by atoms with Crippen LogP contribution in [0.5, 0.6) is 0 Å². The van der Waals surface area contributed by atoms with E-state index >= 15 is 0 Å². The monoisotopic (exact) mass is 339 g/mol. The van der Waals surface area contributed by atoms with E-state index in [4.69, 9.17) is 5.73 Å². The second-order valence-electron chi connectivity index (χ2n) is 4.81. The molecule has 2 unspecified atom stereocenters. The highest BCUT2D eigenvalue weighted by Crippen LogP contribution is 2.32. The van der Waals surface area contributed by atoms with Crippen LogP contribution >= 0.6 is 36.2 Å². The highest BCUT2D eigenvalue weighted by molar-refractivity contribution is 7.09. The molecule has 1 saturated heterocycles. The fourth-order valence-electron chi connectivity index (χ4n) is 2.50. The Morgan fingerprint density at radius 1 is 1.55 bits per heavy atom. The van der Waals surface area contributed by atoms with Crippen LogP contribution in [-0.2, 0) is 4.79 Å². The molecule has 0 radical (unpaired) electrons. The van der Waals surface area contributed by atoms with Crippen molar-refractivity contribution in [3.8, 4) is 0 Å². The number of rotatable bonds is 4. The van der Waals surface area contributed by atoms with Crippen LogP contribution < -0.4 is 5.73 Å². The van der Waals surface area contributed by atoms with E-state index in [-0.39, 0.29) is 42.8 Å². The summed E-state index contributed by atoms with van der Waals surface area (Å²) in [5.74, 6) is 0.0942. The molecular weight excluding hydrogens is 317 g/mol. The number of hydrogen-bond donors (Lipinski definition) is 1. The van der Waals surface area contributed by atoms with E-state index in [9.17, 15) is 4.79 Å². The highest BCUT2D eigenvalue weighted by atomic mass is 35.5. The molecule has 1 amide bonds. The van der Waals surface area contributed by atoms with Crippen molar-refractivity contribution in [1.82, 2.24) is 9.88 Å². The number of aromatic nitrogens is 1. The van der Waals surface area contributed by atoms with Gasteiger partial charge in [0.05, 0.1) is 12.1 Å². The Bertz CT molecular complexity index is 389. The number of piperidine rings is 1. The first kappa shape index (κ1) is 19.6. The number of nitrogens with two attached hydrogens (primary N) is 1. The lowest BCUT2D eigenvalue weighted by atomic mass is 10.0. The predicted octanol–water partition coefficient (Wildman–Crippen LogP) is 3.17. The van der Waals surface area contributed by atoms with E-state index < -0.39 is 0 Å². The van der Waals surface area contributed by atoms with Crippen LogP contribution in [0.1, 0.15) is 50.1 Å². The van der Waals surface area contributed by atoms with Crippen molar-refractivity contribution in [2.24, 2.45) is 5.73 Å². The highest BCUT2D eigenvalue weighted by Gasteiger charge is 2.31. The largest absolute Gasteiger partial charge is 0.332 e. The Balaban J connectivity index is 0.00000180. The second-order valence-corrected chi connectivity index (χ2v) is 5.73. The summed E-state index contributed by atoms with van der Waals surface area (Å²) in [5.41, 5.74) is 5.97. The standard InChI is InChI=1S/C13H21N3OS.2ClH/c1-2-5-10(14)13(17)16-8-4-3-6-11(16)12-15-7-9-18-12;;/h7,9-11H,2-6,8,14H2,1H3;2*1H. The Kier molecular flexibility index (Phi) is 9.38. The van der Waals surface area contributed by atoms with Gasteiger partial charge in [-0.05, 0) is 25.7 Å². The van der Waals surface area contributed by atoms with Gasteiger partial charge in [-0.2, -0.15) is 0 Å². The van der Waals surface area contributed by atoms with Gasteiger partial charge >= 0.3 is 0 Å². The molecular formula is C13H23Cl2N3OS. The minimum Gasteiger partial charge on any atom is -0.332 e. The number of carbonyl (C=O) groups is 1. The Hall–Kier alpha value is -0.360. The smallest absolute Gasteiger partial charge is 0.240 e. The summed E-state index contributed by atoms with van der Waals surface area (Å²) >= 11 is 1.63. The molecule has 0 aliphatic carbocycles. The van der Waals surface area contributed by atoms with E-state index in [0.29, 0.717) is 0 Å². The molecule has 1 aromatic heterocycles. The summed E-state index contributed by atoms with van der Waals surface area (Å²) in [7, 11) is 0. The van der Waals surface area contributed by atoms with Crippen LogP contribution in [-0.4, -0.2) is 28.4 Å². The van der Waals surface area contributed by atoms with Gasteiger partial charge in [-0.3, -0.25) is 4.79 Å². The van der Waals surface area contributed by atoms with E-state index in [1.807, 2.05) is 16.5 Å². The average molecular weight is 340 g/mol. The second kappa shape index (κ2) is 9.55. The van der Waals surface area contributed by atoms with E-state index in [2.05, 4.69) is 11.9 Å². The summed E-state index contributed by atoms with van der Waals surface area (Å²) in [4.78, 5) is 18.7. The summed E-state index contributed by atoms with van der Waals surface area (Å²) < 4.78 is 0. The molecule has 116 valence electrons. The molecule has 2 atom stereocenters. The molecule has 2 N–H and O–H groups in total. The molecule has 0 saturated carbocycles. The SMILES string of the molecule is CCCC(N)C(=O)N1CCCCC1c1nccs1.Cl.Cl. The van der Waals surface area contributed by atoms with Crippen LogP contribution in [0, 0.1) is 0 Å². The lowest BCUT2D eigenvalue weighted by molar-refractivity contribution is -0.136. The lowest BCUT2D eigenvalue weighted by Gasteiger charge is -2.36. The number of carbonyl (C=O) groups excluding carboxylic acids is 1. The summed E-state index contributed by atoms with van der Waals surface area (Å²) in [6, 6.07) is -0.204. The summed E-state index contributed by atoms with van der Waals surface area (Å²) in [6.07, 6.45) is 6.77. The maximum absolute atomic E-state index is 12.4. The predicted molar refractivity (Wildman–Crippen MR) is 87.8 cm³/mol. The molecule has 1 aromatic rings. The molecule has 0 spiro atoms. The molecule has 1 aliphatic rings.